The Morgan fingerprint density at radius 1 is 0.974 bits per heavy atom. The number of ketones is 1. The number of nitrogens with zero attached hydrogens (tertiary/aromatic N) is 1. The Labute approximate surface area is 223 Å². The molecule has 198 valence electrons. The first-order valence-corrected chi connectivity index (χ1v) is 12.6. The maximum Gasteiger partial charge on any atom is 0.295 e. The van der Waals surface area contributed by atoms with Crippen LogP contribution < -0.4 is 9.47 Å². The topological polar surface area (TPSA) is 85.3 Å². The molecule has 1 atom stereocenters. The minimum absolute atomic E-state index is 0.0261. The van der Waals surface area contributed by atoms with Crippen molar-refractivity contribution in [3.05, 3.63) is 95.1 Å². The molecule has 0 radical (unpaired) electrons. The fourth-order valence-corrected chi connectivity index (χ4v) is 4.39. The smallest absolute Gasteiger partial charge is 0.295 e. The van der Waals surface area contributed by atoms with E-state index in [1.807, 2.05) is 43.3 Å². The summed E-state index contributed by atoms with van der Waals surface area (Å²) in [5, 5.41) is 11.4. The van der Waals surface area contributed by atoms with E-state index in [2.05, 4.69) is 13.8 Å². The van der Waals surface area contributed by atoms with E-state index in [4.69, 9.17) is 14.2 Å². The van der Waals surface area contributed by atoms with Gasteiger partial charge >= 0.3 is 0 Å². The summed E-state index contributed by atoms with van der Waals surface area (Å²) >= 11 is 0. The number of hydrogen-bond donors (Lipinski definition) is 1. The summed E-state index contributed by atoms with van der Waals surface area (Å²) in [6.45, 7) is 7.01. The maximum atomic E-state index is 13.3. The van der Waals surface area contributed by atoms with Crippen molar-refractivity contribution in [1.82, 2.24) is 4.90 Å². The van der Waals surface area contributed by atoms with Gasteiger partial charge in [0.05, 0.1) is 24.8 Å². The van der Waals surface area contributed by atoms with Gasteiger partial charge in [-0.25, -0.2) is 0 Å². The molecule has 0 bridgehead atoms. The van der Waals surface area contributed by atoms with E-state index in [1.165, 1.54) is 12.0 Å². The molecule has 1 fully saturated rings. The predicted molar refractivity (Wildman–Crippen MR) is 145 cm³/mol. The van der Waals surface area contributed by atoms with Crippen molar-refractivity contribution in [2.24, 2.45) is 5.92 Å². The number of aliphatic hydroxyl groups is 1. The highest BCUT2D eigenvalue weighted by molar-refractivity contribution is 6.46. The van der Waals surface area contributed by atoms with Crippen molar-refractivity contribution in [3.8, 4) is 17.2 Å². The normalized spacial score (nSPS) is 16.8. The van der Waals surface area contributed by atoms with Crippen LogP contribution in [0.15, 0.2) is 78.4 Å². The zero-order chi connectivity index (χ0) is 27.2. The number of ether oxygens (including phenoxy) is 3. The number of aliphatic hydroxyl groups excluding tert-OH is 1. The van der Waals surface area contributed by atoms with Gasteiger partial charge in [0.1, 0.15) is 23.0 Å². The molecule has 0 aliphatic carbocycles. The Balaban J connectivity index is 1.76. The standard InChI is InChI=1S/C31H33NO6/c1-20(2)19-37-26-14-13-23(17-21(26)3)29(33)27-28(32(15-16-36-4)31(35)30(27)34)22-9-8-12-25(18-22)38-24-10-6-5-7-11-24/h5-14,17-18,20,28,33H,15-16,19H2,1-4H3/t28-/m1/s1. The third kappa shape index (κ3) is 5.89. The second-order valence-corrected chi connectivity index (χ2v) is 9.66. The van der Waals surface area contributed by atoms with Crippen LogP contribution in [0.4, 0.5) is 0 Å². The molecule has 0 unspecified atom stereocenters. The number of hydrogen-bond acceptors (Lipinski definition) is 6. The van der Waals surface area contributed by atoms with Crippen LogP contribution in [0, 0.1) is 12.8 Å². The number of Topliss-reactive ketones (excluding diaryl/α,β-unsaturated/α-hetero) is 1. The molecule has 38 heavy (non-hydrogen) atoms. The lowest BCUT2D eigenvalue weighted by molar-refractivity contribution is -0.140. The molecule has 3 aromatic rings. The SMILES string of the molecule is COCCN1C(=O)C(=O)C(=C(O)c2ccc(OCC(C)C)c(C)c2)[C@H]1c1cccc(Oc2ccccc2)c1. The highest BCUT2D eigenvalue weighted by atomic mass is 16.5. The Bertz CT molecular complexity index is 1330. The van der Waals surface area contributed by atoms with Gasteiger partial charge in [-0.2, -0.15) is 0 Å². The Hall–Kier alpha value is -4.10. The van der Waals surface area contributed by atoms with Gasteiger partial charge in [0.15, 0.2) is 0 Å². The van der Waals surface area contributed by atoms with Gasteiger partial charge in [-0.15, -0.1) is 0 Å². The average molecular weight is 516 g/mol. The summed E-state index contributed by atoms with van der Waals surface area (Å²) in [5.74, 6) is 0.626. The minimum Gasteiger partial charge on any atom is -0.507 e. The van der Waals surface area contributed by atoms with E-state index < -0.39 is 17.7 Å². The molecule has 1 amide bonds. The largest absolute Gasteiger partial charge is 0.507 e. The fraction of sp³-hybridized carbons (Fsp3) is 0.290. The van der Waals surface area contributed by atoms with E-state index >= 15 is 0 Å². The van der Waals surface area contributed by atoms with Crippen LogP contribution in [0.1, 0.15) is 36.6 Å². The minimum atomic E-state index is -0.804. The first-order chi connectivity index (χ1) is 18.3. The number of aryl methyl sites for hydroxylation is 1. The van der Waals surface area contributed by atoms with Gasteiger partial charge < -0.3 is 24.2 Å². The van der Waals surface area contributed by atoms with E-state index in [1.54, 1.807) is 36.4 Å². The van der Waals surface area contributed by atoms with Gasteiger partial charge in [0.25, 0.3) is 11.7 Å². The molecule has 1 aliphatic rings. The molecule has 7 heteroatoms. The van der Waals surface area contributed by atoms with E-state index in [9.17, 15) is 14.7 Å². The number of carbonyl (C=O) groups is 2. The molecule has 4 rings (SSSR count). The molecule has 0 spiro atoms. The molecule has 0 saturated carbocycles. The number of carbonyl (C=O) groups excluding carboxylic acids is 2. The molecule has 1 N–H and O–H groups in total. The summed E-state index contributed by atoms with van der Waals surface area (Å²) in [5.41, 5.74) is 1.92. The highest BCUT2D eigenvalue weighted by Crippen LogP contribution is 2.41. The van der Waals surface area contributed by atoms with Crippen molar-refractivity contribution >= 4 is 17.4 Å². The lowest BCUT2D eigenvalue weighted by Gasteiger charge is -2.25. The first kappa shape index (κ1) is 26.9. The Morgan fingerprint density at radius 2 is 1.71 bits per heavy atom. The van der Waals surface area contributed by atoms with Crippen LogP contribution in [0.5, 0.6) is 17.2 Å². The molecule has 7 nitrogen and oxygen atoms in total. The van der Waals surface area contributed by atoms with Crippen molar-refractivity contribution in [2.45, 2.75) is 26.8 Å². The first-order valence-electron chi connectivity index (χ1n) is 12.6. The zero-order valence-electron chi connectivity index (χ0n) is 22.1. The summed E-state index contributed by atoms with van der Waals surface area (Å²) in [7, 11) is 1.53. The maximum absolute atomic E-state index is 13.3. The van der Waals surface area contributed by atoms with Gasteiger partial charge in [-0.1, -0.05) is 44.2 Å². The molecular weight excluding hydrogens is 482 g/mol. The summed E-state index contributed by atoms with van der Waals surface area (Å²) < 4.78 is 17.0. The molecule has 0 aromatic heterocycles. The van der Waals surface area contributed by atoms with E-state index in [0.717, 1.165) is 5.56 Å². The fourth-order valence-electron chi connectivity index (χ4n) is 4.39. The molecule has 3 aromatic carbocycles. The third-order valence-electron chi connectivity index (χ3n) is 6.25. The van der Waals surface area contributed by atoms with Crippen molar-refractivity contribution < 1.29 is 28.9 Å². The average Bonchev–Trinajstić information content (AvgIpc) is 3.16. The van der Waals surface area contributed by atoms with Crippen LogP contribution >= 0.6 is 0 Å². The second kappa shape index (κ2) is 12.0. The highest BCUT2D eigenvalue weighted by Gasteiger charge is 2.46. The van der Waals surface area contributed by atoms with Crippen LogP contribution in [-0.4, -0.2) is 48.6 Å². The molecule has 1 aliphatic heterocycles. The van der Waals surface area contributed by atoms with Crippen LogP contribution in [-0.2, 0) is 14.3 Å². The zero-order valence-corrected chi connectivity index (χ0v) is 22.1. The molecule has 1 heterocycles. The van der Waals surface area contributed by atoms with E-state index in [-0.39, 0.29) is 24.5 Å². The Kier molecular flexibility index (Phi) is 8.48. The molecular formula is C31H33NO6. The summed E-state index contributed by atoms with van der Waals surface area (Å²) in [6, 6.07) is 21.0. The number of methoxy groups -OCH3 is 1. The number of rotatable bonds is 10. The quantitative estimate of drug-likeness (QED) is 0.206. The van der Waals surface area contributed by atoms with Gasteiger partial charge in [0, 0.05) is 19.2 Å². The van der Waals surface area contributed by atoms with Crippen LogP contribution in [0.3, 0.4) is 0 Å². The number of benzene rings is 3. The Morgan fingerprint density at radius 3 is 2.39 bits per heavy atom. The van der Waals surface area contributed by atoms with Gasteiger partial charge in [0.2, 0.25) is 0 Å². The molecule has 1 saturated heterocycles. The number of amides is 1. The third-order valence-corrected chi connectivity index (χ3v) is 6.25. The summed E-state index contributed by atoms with van der Waals surface area (Å²) in [6.07, 6.45) is 0. The summed E-state index contributed by atoms with van der Waals surface area (Å²) in [4.78, 5) is 27.8. The van der Waals surface area contributed by atoms with Crippen molar-refractivity contribution in [3.63, 3.8) is 0 Å². The second-order valence-electron chi connectivity index (χ2n) is 9.66. The lowest BCUT2D eigenvalue weighted by atomic mass is 9.94. The monoisotopic (exact) mass is 515 g/mol. The van der Waals surface area contributed by atoms with E-state index in [0.29, 0.717) is 40.9 Å². The van der Waals surface area contributed by atoms with Gasteiger partial charge in [-0.05, 0) is 66.4 Å². The van der Waals surface area contributed by atoms with Crippen LogP contribution in [0.2, 0.25) is 0 Å². The predicted octanol–water partition coefficient (Wildman–Crippen LogP) is 5.89. The van der Waals surface area contributed by atoms with Crippen LogP contribution in [0.25, 0.3) is 5.76 Å². The van der Waals surface area contributed by atoms with Crippen molar-refractivity contribution in [1.29, 1.82) is 0 Å². The number of para-hydroxylation sites is 1. The van der Waals surface area contributed by atoms with Crippen molar-refractivity contribution in [2.75, 3.05) is 26.9 Å². The number of likely N-dealkylation sites (tertiary alicyclic amines) is 1. The van der Waals surface area contributed by atoms with Gasteiger partial charge in [-0.3, -0.25) is 9.59 Å². The lowest BCUT2D eigenvalue weighted by Crippen LogP contribution is -2.32.